The van der Waals surface area contributed by atoms with E-state index < -0.39 is 0 Å². The monoisotopic (exact) mass is 425 g/mol. The Hall–Kier alpha value is -4.71. The number of H-pyrrole nitrogens is 2. The minimum atomic E-state index is -0.128. The number of hydrogen-bond donors (Lipinski definition) is 4. The second-order valence-electron chi connectivity index (χ2n) is 7.26. The molecule has 2 aromatic carbocycles. The number of carbonyl (C=O) groups is 1. The van der Waals surface area contributed by atoms with E-state index in [1.54, 1.807) is 17.8 Å². The Morgan fingerprint density at radius 3 is 2.66 bits per heavy atom. The number of hydrogen-bond acceptors (Lipinski definition) is 5. The molecule has 158 valence electrons. The van der Waals surface area contributed by atoms with Crippen LogP contribution in [0.25, 0.3) is 27.8 Å². The molecule has 3 aromatic heterocycles. The Morgan fingerprint density at radius 2 is 1.94 bits per heavy atom. The molecule has 0 saturated carbocycles. The molecular formula is C23H19N7O2. The highest BCUT2D eigenvalue weighted by molar-refractivity contribution is 5.99. The average Bonchev–Trinajstić information content (AvgIpc) is 3.48. The number of amides is 1. The third-order valence-electron chi connectivity index (χ3n) is 5.19. The van der Waals surface area contributed by atoms with Gasteiger partial charge in [0.2, 0.25) is 5.91 Å². The first-order chi connectivity index (χ1) is 15.6. The highest BCUT2D eigenvalue weighted by Crippen LogP contribution is 2.37. The van der Waals surface area contributed by atoms with Gasteiger partial charge in [-0.2, -0.15) is 5.26 Å². The van der Waals surface area contributed by atoms with E-state index in [0.717, 1.165) is 27.9 Å². The molecule has 0 unspecified atom stereocenters. The van der Waals surface area contributed by atoms with E-state index in [1.807, 2.05) is 48.7 Å². The number of imidazole rings is 1. The molecule has 0 aliphatic rings. The SMILES string of the molecule is COc1ccc2c(-c3nc4c(C#N)c[nH]n4c3Nc3ccc(NC(C)=O)cc3)c[nH]c2c1. The minimum Gasteiger partial charge on any atom is -0.497 e. The molecule has 9 heteroatoms. The molecule has 5 rings (SSSR count). The Kier molecular flexibility index (Phi) is 4.53. The van der Waals surface area contributed by atoms with Crippen molar-refractivity contribution in [3.63, 3.8) is 0 Å². The van der Waals surface area contributed by atoms with Crippen LogP contribution in [-0.4, -0.2) is 32.6 Å². The summed E-state index contributed by atoms with van der Waals surface area (Å²) in [4.78, 5) is 19.3. The van der Waals surface area contributed by atoms with E-state index in [2.05, 4.69) is 26.8 Å². The van der Waals surface area contributed by atoms with Gasteiger partial charge in [-0.1, -0.05) is 0 Å². The first-order valence-electron chi connectivity index (χ1n) is 9.87. The summed E-state index contributed by atoms with van der Waals surface area (Å²) in [5, 5.41) is 19.7. The number of fused-ring (bicyclic) bond motifs is 2. The van der Waals surface area contributed by atoms with E-state index in [0.29, 0.717) is 28.4 Å². The fourth-order valence-electron chi connectivity index (χ4n) is 3.71. The molecule has 0 aliphatic heterocycles. The van der Waals surface area contributed by atoms with Crippen molar-refractivity contribution in [3.05, 3.63) is 60.4 Å². The van der Waals surface area contributed by atoms with Crippen molar-refractivity contribution in [2.24, 2.45) is 0 Å². The predicted molar refractivity (Wildman–Crippen MR) is 122 cm³/mol. The Labute approximate surface area is 182 Å². The molecule has 0 aliphatic carbocycles. The van der Waals surface area contributed by atoms with Crippen LogP contribution in [0.4, 0.5) is 17.2 Å². The molecule has 3 heterocycles. The quantitative estimate of drug-likeness (QED) is 0.332. The van der Waals surface area contributed by atoms with Crippen LogP contribution in [0.15, 0.2) is 54.9 Å². The average molecular weight is 425 g/mol. The van der Waals surface area contributed by atoms with Gasteiger partial charge in [0.1, 0.15) is 23.1 Å². The lowest BCUT2D eigenvalue weighted by Crippen LogP contribution is -2.05. The zero-order valence-corrected chi connectivity index (χ0v) is 17.4. The van der Waals surface area contributed by atoms with Crippen molar-refractivity contribution in [1.29, 1.82) is 5.26 Å². The topological polar surface area (TPSA) is 123 Å². The lowest BCUT2D eigenvalue weighted by Gasteiger charge is -2.09. The smallest absolute Gasteiger partial charge is 0.221 e. The van der Waals surface area contributed by atoms with Crippen LogP contribution in [0.1, 0.15) is 12.5 Å². The first-order valence-corrected chi connectivity index (χ1v) is 9.87. The van der Waals surface area contributed by atoms with Crippen LogP contribution < -0.4 is 15.4 Å². The van der Waals surface area contributed by atoms with Crippen LogP contribution in [0.3, 0.4) is 0 Å². The number of benzene rings is 2. The number of nitrogens with zero attached hydrogens (tertiary/aromatic N) is 3. The maximum atomic E-state index is 11.3. The van der Waals surface area contributed by atoms with Crippen LogP contribution in [0, 0.1) is 11.3 Å². The summed E-state index contributed by atoms with van der Waals surface area (Å²) >= 11 is 0. The van der Waals surface area contributed by atoms with Crippen molar-refractivity contribution < 1.29 is 9.53 Å². The van der Waals surface area contributed by atoms with Crippen molar-refractivity contribution in [2.75, 3.05) is 17.7 Å². The molecule has 32 heavy (non-hydrogen) atoms. The van der Waals surface area contributed by atoms with Crippen molar-refractivity contribution in [2.45, 2.75) is 6.92 Å². The number of nitriles is 1. The summed E-state index contributed by atoms with van der Waals surface area (Å²) in [6, 6.07) is 15.3. The molecule has 0 bridgehead atoms. The minimum absolute atomic E-state index is 0.128. The number of nitrogens with one attached hydrogen (secondary N) is 4. The van der Waals surface area contributed by atoms with Gasteiger partial charge in [-0.15, -0.1) is 0 Å². The number of anilines is 3. The van der Waals surface area contributed by atoms with Gasteiger partial charge in [-0.3, -0.25) is 9.89 Å². The molecule has 1 amide bonds. The van der Waals surface area contributed by atoms with Gasteiger partial charge >= 0.3 is 0 Å². The highest BCUT2D eigenvalue weighted by Gasteiger charge is 2.21. The number of methoxy groups -OCH3 is 1. The Morgan fingerprint density at radius 1 is 1.16 bits per heavy atom. The van der Waals surface area contributed by atoms with Gasteiger partial charge in [0, 0.05) is 53.2 Å². The fourth-order valence-corrected chi connectivity index (χ4v) is 3.71. The predicted octanol–water partition coefficient (Wildman–Crippen LogP) is 4.39. The summed E-state index contributed by atoms with van der Waals surface area (Å²) in [7, 11) is 1.63. The van der Waals surface area contributed by atoms with Crippen molar-refractivity contribution in [3.8, 4) is 23.1 Å². The number of aromatic nitrogens is 4. The van der Waals surface area contributed by atoms with Crippen molar-refractivity contribution in [1.82, 2.24) is 19.6 Å². The third-order valence-corrected chi connectivity index (χ3v) is 5.19. The second-order valence-corrected chi connectivity index (χ2v) is 7.26. The molecular weight excluding hydrogens is 406 g/mol. The maximum Gasteiger partial charge on any atom is 0.221 e. The molecule has 0 saturated heterocycles. The van der Waals surface area contributed by atoms with E-state index in [-0.39, 0.29) is 5.91 Å². The zero-order chi connectivity index (χ0) is 22.2. The molecule has 0 fully saturated rings. The van der Waals surface area contributed by atoms with Crippen LogP contribution >= 0.6 is 0 Å². The van der Waals surface area contributed by atoms with E-state index >= 15 is 0 Å². The lowest BCUT2D eigenvalue weighted by atomic mass is 10.1. The fraction of sp³-hybridized carbons (Fsp3) is 0.0870. The van der Waals surface area contributed by atoms with Gasteiger partial charge in [0.15, 0.2) is 11.5 Å². The van der Waals surface area contributed by atoms with Gasteiger partial charge in [0.05, 0.1) is 7.11 Å². The van der Waals surface area contributed by atoms with Gasteiger partial charge in [0.25, 0.3) is 0 Å². The van der Waals surface area contributed by atoms with Gasteiger partial charge in [-0.25, -0.2) is 9.50 Å². The highest BCUT2D eigenvalue weighted by atomic mass is 16.5. The van der Waals surface area contributed by atoms with Crippen molar-refractivity contribution >= 4 is 39.6 Å². The van der Waals surface area contributed by atoms with Crippen LogP contribution in [0.5, 0.6) is 5.75 Å². The van der Waals surface area contributed by atoms with E-state index in [9.17, 15) is 10.1 Å². The summed E-state index contributed by atoms with van der Waals surface area (Å²) in [5.74, 6) is 1.31. The molecule has 0 radical (unpaired) electrons. The van der Waals surface area contributed by atoms with E-state index in [1.165, 1.54) is 6.92 Å². The number of aromatic amines is 2. The zero-order valence-electron chi connectivity index (χ0n) is 17.4. The number of carbonyl (C=O) groups excluding carboxylic acids is 1. The van der Waals surface area contributed by atoms with Crippen LogP contribution in [0.2, 0.25) is 0 Å². The first kappa shape index (κ1) is 19.3. The molecule has 9 nitrogen and oxygen atoms in total. The molecule has 5 aromatic rings. The van der Waals surface area contributed by atoms with Gasteiger partial charge in [-0.05, 0) is 36.4 Å². The summed E-state index contributed by atoms with van der Waals surface area (Å²) in [6.07, 6.45) is 3.51. The molecule has 4 N–H and O–H groups in total. The van der Waals surface area contributed by atoms with Crippen LogP contribution in [-0.2, 0) is 4.79 Å². The molecule has 0 atom stereocenters. The maximum absolute atomic E-state index is 11.3. The van der Waals surface area contributed by atoms with Gasteiger partial charge < -0.3 is 20.4 Å². The lowest BCUT2D eigenvalue weighted by molar-refractivity contribution is -0.114. The third kappa shape index (κ3) is 3.20. The Bertz CT molecular complexity index is 1500. The number of rotatable bonds is 5. The Balaban J connectivity index is 1.62. The molecule has 0 spiro atoms. The van der Waals surface area contributed by atoms with E-state index in [4.69, 9.17) is 9.72 Å². The summed E-state index contributed by atoms with van der Waals surface area (Å²) in [5.41, 5.74) is 4.99. The number of ether oxygens (including phenoxy) is 1. The standard InChI is InChI=1S/C23H19N7O2/c1-13(31)27-15-3-5-16(6-4-15)28-23-21(29-22-14(10-24)11-26-30(22)23)19-12-25-20-9-17(32-2)7-8-18(19)20/h3-9,11-12,25-26,28H,1-2H3,(H,27,31). The summed E-state index contributed by atoms with van der Waals surface area (Å²) < 4.78 is 7.07. The normalized spacial score (nSPS) is 10.9. The largest absolute Gasteiger partial charge is 0.497 e. The summed E-state index contributed by atoms with van der Waals surface area (Å²) in [6.45, 7) is 1.47. The second kappa shape index (κ2) is 7.52.